The van der Waals surface area contributed by atoms with E-state index in [0.29, 0.717) is 11.7 Å². The Morgan fingerprint density at radius 3 is 2.57 bits per heavy atom. The van der Waals surface area contributed by atoms with Gasteiger partial charge in [0.1, 0.15) is 0 Å². The van der Waals surface area contributed by atoms with Gasteiger partial charge in [-0.2, -0.15) is 0 Å². The normalized spacial score (nSPS) is 10.4. The molecule has 14 heavy (non-hydrogen) atoms. The first kappa shape index (κ1) is 10.8. The Hall–Kier alpha value is -1.31. The monoisotopic (exact) mass is 194 g/mol. The molecule has 2 heteroatoms. The topological polar surface area (TPSA) is 9.23 Å². The zero-order valence-corrected chi connectivity index (χ0v) is 8.80. The van der Waals surface area contributed by atoms with Gasteiger partial charge >= 0.3 is 0 Å². The number of ether oxygens (including phenoxy) is 1. The highest BCUT2D eigenvalue weighted by molar-refractivity contribution is 5.32. The number of rotatable bonds is 3. The summed E-state index contributed by atoms with van der Waals surface area (Å²) in [5.74, 6) is 0.758. The molecule has 0 amide bonds. The second-order valence-electron chi connectivity index (χ2n) is 3.65. The zero-order valence-electron chi connectivity index (χ0n) is 8.80. The summed E-state index contributed by atoms with van der Waals surface area (Å²) in [6.07, 6.45) is 0. The zero-order chi connectivity index (χ0) is 10.7. The van der Waals surface area contributed by atoms with Crippen molar-refractivity contribution in [2.24, 2.45) is 0 Å². The van der Waals surface area contributed by atoms with Crippen LogP contribution in [0.3, 0.4) is 0 Å². The third-order valence-corrected chi connectivity index (χ3v) is 1.91. The van der Waals surface area contributed by atoms with Crippen LogP contribution in [0.5, 0.6) is 5.75 Å². The molecule has 0 bridgehead atoms. The van der Waals surface area contributed by atoms with Gasteiger partial charge in [-0.15, -0.1) is 0 Å². The molecule has 0 radical (unpaired) electrons. The number of benzene rings is 1. The summed E-state index contributed by atoms with van der Waals surface area (Å²) >= 11 is 0. The fourth-order valence-electron chi connectivity index (χ4n) is 1.14. The highest BCUT2D eigenvalue weighted by atomic mass is 19.1. The van der Waals surface area contributed by atoms with Crippen LogP contribution in [0.25, 0.3) is 0 Å². The molecule has 0 spiro atoms. The fourth-order valence-corrected chi connectivity index (χ4v) is 1.14. The molecule has 76 valence electrons. The molecular weight excluding hydrogens is 179 g/mol. The molecule has 0 unspecified atom stereocenters. The fraction of sp³-hybridized carbons (Fsp3) is 0.333. The van der Waals surface area contributed by atoms with Crippen molar-refractivity contribution in [3.63, 3.8) is 0 Å². The van der Waals surface area contributed by atoms with Crippen LogP contribution in [-0.4, -0.2) is 0 Å². The van der Waals surface area contributed by atoms with E-state index < -0.39 is 0 Å². The molecule has 0 aliphatic rings. The van der Waals surface area contributed by atoms with Gasteiger partial charge in [0, 0.05) is 0 Å². The maximum atomic E-state index is 13.2. The maximum absolute atomic E-state index is 13.2. The van der Waals surface area contributed by atoms with Crippen LogP contribution >= 0.6 is 0 Å². The van der Waals surface area contributed by atoms with Gasteiger partial charge in [-0.3, -0.25) is 0 Å². The van der Waals surface area contributed by atoms with E-state index in [4.69, 9.17) is 4.74 Å². The van der Waals surface area contributed by atoms with E-state index in [9.17, 15) is 4.39 Å². The number of hydrogen-bond donors (Lipinski definition) is 0. The highest BCUT2D eigenvalue weighted by Crippen LogP contribution is 2.24. The molecule has 0 saturated heterocycles. The molecule has 0 aromatic heterocycles. The van der Waals surface area contributed by atoms with E-state index in [2.05, 4.69) is 20.4 Å². The van der Waals surface area contributed by atoms with Crippen LogP contribution in [0.1, 0.15) is 32.3 Å². The third kappa shape index (κ3) is 2.59. The standard InChI is InChI=1S/C12H15FO/c1-8(2)10-5-6-11(13)12(7-10)14-9(3)4/h5-8H,3H2,1-2,4H3. The van der Waals surface area contributed by atoms with Crippen LogP contribution in [-0.2, 0) is 0 Å². The Balaban J connectivity index is 3.02. The Labute approximate surface area is 84.2 Å². The summed E-state index contributed by atoms with van der Waals surface area (Å²) in [4.78, 5) is 0. The summed E-state index contributed by atoms with van der Waals surface area (Å²) in [5.41, 5.74) is 1.06. The van der Waals surface area contributed by atoms with Crippen molar-refractivity contribution in [1.29, 1.82) is 0 Å². The maximum Gasteiger partial charge on any atom is 0.165 e. The van der Waals surface area contributed by atoms with Crippen molar-refractivity contribution in [3.05, 3.63) is 41.9 Å². The lowest BCUT2D eigenvalue weighted by Gasteiger charge is -2.10. The van der Waals surface area contributed by atoms with Gasteiger partial charge in [0.15, 0.2) is 11.6 Å². The SMILES string of the molecule is C=C(C)Oc1cc(C(C)C)ccc1F. The number of halogens is 1. The van der Waals surface area contributed by atoms with Crippen molar-refractivity contribution in [1.82, 2.24) is 0 Å². The second-order valence-corrected chi connectivity index (χ2v) is 3.65. The summed E-state index contributed by atoms with van der Waals surface area (Å²) < 4.78 is 18.4. The molecule has 0 saturated carbocycles. The smallest absolute Gasteiger partial charge is 0.165 e. The van der Waals surface area contributed by atoms with Crippen LogP contribution in [0.2, 0.25) is 0 Å². The molecule has 1 aromatic rings. The molecule has 0 fully saturated rings. The molecule has 0 N–H and O–H groups in total. The third-order valence-electron chi connectivity index (χ3n) is 1.91. The van der Waals surface area contributed by atoms with Crippen molar-refractivity contribution in [2.45, 2.75) is 26.7 Å². The Kier molecular flexibility index (Phi) is 3.28. The van der Waals surface area contributed by atoms with Gasteiger partial charge in [0.05, 0.1) is 5.76 Å². The van der Waals surface area contributed by atoms with Crippen LogP contribution < -0.4 is 4.74 Å². The van der Waals surface area contributed by atoms with Gasteiger partial charge in [0.2, 0.25) is 0 Å². The highest BCUT2D eigenvalue weighted by Gasteiger charge is 2.07. The van der Waals surface area contributed by atoms with E-state index in [1.54, 1.807) is 19.1 Å². The predicted molar refractivity (Wildman–Crippen MR) is 55.9 cm³/mol. The molecule has 1 nitrogen and oxygen atoms in total. The molecule has 0 aliphatic carbocycles. The van der Waals surface area contributed by atoms with Crippen molar-refractivity contribution in [2.75, 3.05) is 0 Å². The minimum Gasteiger partial charge on any atom is -0.460 e. The molecule has 1 rings (SSSR count). The van der Waals surface area contributed by atoms with Crippen molar-refractivity contribution < 1.29 is 9.13 Å². The van der Waals surface area contributed by atoms with E-state index in [-0.39, 0.29) is 11.6 Å². The largest absolute Gasteiger partial charge is 0.460 e. The van der Waals surface area contributed by atoms with Crippen LogP contribution in [0, 0.1) is 5.82 Å². The summed E-state index contributed by atoms with van der Waals surface area (Å²) in [5, 5.41) is 0. The van der Waals surface area contributed by atoms with Crippen LogP contribution in [0.15, 0.2) is 30.5 Å². The van der Waals surface area contributed by atoms with Gasteiger partial charge in [-0.1, -0.05) is 26.5 Å². The van der Waals surface area contributed by atoms with Crippen molar-refractivity contribution in [3.8, 4) is 5.75 Å². The first-order valence-electron chi connectivity index (χ1n) is 4.63. The van der Waals surface area contributed by atoms with E-state index in [1.165, 1.54) is 6.07 Å². The average Bonchev–Trinajstić information content (AvgIpc) is 2.07. The van der Waals surface area contributed by atoms with E-state index in [1.807, 2.05) is 0 Å². The first-order valence-corrected chi connectivity index (χ1v) is 4.63. The summed E-state index contributed by atoms with van der Waals surface area (Å²) in [6.45, 7) is 9.38. The predicted octanol–water partition coefficient (Wildman–Crippen LogP) is 3.86. The van der Waals surface area contributed by atoms with E-state index >= 15 is 0 Å². The number of hydrogen-bond acceptors (Lipinski definition) is 1. The second kappa shape index (κ2) is 4.27. The molecule has 0 heterocycles. The Bertz CT molecular complexity index is 342. The van der Waals surface area contributed by atoms with Crippen LogP contribution in [0.4, 0.5) is 4.39 Å². The molecule has 1 aromatic carbocycles. The Morgan fingerprint density at radius 2 is 2.07 bits per heavy atom. The Morgan fingerprint density at radius 1 is 1.43 bits per heavy atom. The van der Waals surface area contributed by atoms with Gasteiger partial charge in [0.25, 0.3) is 0 Å². The lowest BCUT2D eigenvalue weighted by Crippen LogP contribution is -1.95. The molecular formula is C12H15FO. The summed E-state index contributed by atoms with van der Waals surface area (Å²) in [6, 6.07) is 4.91. The minimum absolute atomic E-state index is 0.253. The van der Waals surface area contributed by atoms with Crippen molar-refractivity contribution >= 4 is 0 Å². The van der Waals surface area contributed by atoms with Gasteiger partial charge < -0.3 is 4.74 Å². The lowest BCUT2D eigenvalue weighted by atomic mass is 10.0. The van der Waals surface area contributed by atoms with Gasteiger partial charge in [-0.25, -0.2) is 4.39 Å². The average molecular weight is 194 g/mol. The molecule has 0 aliphatic heterocycles. The summed E-state index contributed by atoms with van der Waals surface area (Å²) in [7, 11) is 0. The molecule has 0 atom stereocenters. The minimum atomic E-state index is -0.350. The van der Waals surface area contributed by atoms with Gasteiger partial charge in [-0.05, 0) is 30.5 Å². The quantitative estimate of drug-likeness (QED) is 0.664. The number of allylic oxidation sites excluding steroid dienone is 1. The lowest BCUT2D eigenvalue weighted by molar-refractivity contribution is 0.399. The first-order chi connectivity index (χ1) is 6.50. The van der Waals surface area contributed by atoms with E-state index in [0.717, 1.165) is 5.56 Å².